The zero-order valence-electron chi connectivity index (χ0n) is 17.5. The molecule has 0 unspecified atom stereocenters. The lowest BCUT2D eigenvalue weighted by Gasteiger charge is -2.20. The largest absolute Gasteiger partial charge is 0.479 e. The Morgan fingerprint density at radius 3 is 2.29 bits per heavy atom. The second-order valence-electron chi connectivity index (χ2n) is 7.09. The molecule has 160 valence electrons. The molecule has 3 aromatic carbocycles. The first-order valence-electron chi connectivity index (χ1n) is 10.2. The van der Waals surface area contributed by atoms with Crippen molar-refractivity contribution in [3.63, 3.8) is 0 Å². The third-order valence-electron chi connectivity index (χ3n) is 4.85. The van der Waals surface area contributed by atoms with E-state index in [1.807, 2.05) is 44.2 Å². The molecule has 0 aliphatic heterocycles. The molecule has 0 aliphatic rings. The summed E-state index contributed by atoms with van der Waals surface area (Å²) in [7, 11) is 0. The van der Waals surface area contributed by atoms with Crippen molar-refractivity contribution in [1.29, 1.82) is 0 Å². The summed E-state index contributed by atoms with van der Waals surface area (Å²) in [6, 6.07) is 23.4. The Morgan fingerprint density at radius 1 is 0.935 bits per heavy atom. The van der Waals surface area contributed by atoms with Crippen LogP contribution < -0.4 is 15.4 Å². The smallest absolute Gasteiger partial charge is 0.265 e. The predicted octanol–water partition coefficient (Wildman–Crippen LogP) is 5.63. The highest BCUT2D eigenvalue weighted by Crippen LogP contribution is 2.25. The van der Waals surface area contributed by atoms with Crippen molar-refractivity contribution < 1.29 is 14.3 Å². The highest BCUT2D eigenvalue weighted by atomic mass is 35.5. The van der Waals surface area contributed by atoms with Gasteiger partial charge in [0.2, 0.25) is 0 Å². The third-order valence-corrected chi connectivity index (χ3v) is 5.16. The number of rotatable bonds is 8. The van der Waals surface area contributed by atoms with Crippen LogP contribution >= 0.6 is 11.6 Å². The van der Waals surface area contributed by atoms with E-state index in [1.54, 1.807) is 48.5 Å². The number of benzene rings is 3. The van der Waals surface area contributed by atoms with E-state index < -0.39 is 6.10 Å². The van der Waals surface area contributed by atoms with Crippen LogP contribution in [0.25, 0.3) is 0 Å². The third kappa shape index (κ3) is 5.86. The fourth-order valence-corrected chi connectivity index (χ4v) is 3.30. The van der Waals surface area contributed by atoms with E-state index in [1.165, 1.54) is 0 Å². The van der Waals surface area contributed by atoms with E-state index in [-0.39, 0.29) is 17.9 Å². The minimum atomic E-state index is -0.751. The summed E-state index contributed by atoms with van der Waals surface area (Å²) in [5, 5.41) is 6.24. The topological polar surface area (TPSA) is 67.4 Å². The van der Waals surface area contributed by atoms with Gasteiger partial charge in [0.1, 0.15) is 5.75 Å². The summed E-state index contributed by atoms with van der Waals surface area (Å²) < 4.78 is 5.81. The van der Waals surface area contributed by atoms with Crippen LogP contribution in [-0.2, 0) is 4.79 Å². The molecule has 0 spiro atoms. The van der Waals surface area contributed by atoms with Crippen LogP contribution in [0.1, 0.15) is 42.2 Å². The number of nitrogens with one attached hydrogen (secondary N) is 2. The SMILES string of the molecule is CC[C@@H](Oc1ccccc1Cl)C(=O)Nc1ccccc1C(=O)N[C@@H](C)c1ccccc1. The lowest BCUT2D eigenvalue weighted by atomic mass is 10.1. The quantitative estimate of drug-likeness (QED) is 0.481. The van der Waals surface area contributed by atoms with Gasteiger partial charge in [0.25, 0.3) is 11.8 Å². The Balaban J connectivity index is 1.72. The van der Waals surface area contributed by atoms with Gasteiger partial charge in [-0.15, -0.1) is 0 Å². The molecule has 31 heavy (non-hydrogen) atoms. The fourth-order valence-electron chi connectivity index (χ4n) is 3.12. The predicted molar refractivity (Wildman–Crippen MR) is 124 cm³/mol. The van der Waals surface area contributed by atoms with Crippen LogP contribution in [0.5, 0.6) is 5.75 Å². The summed E-state index contributed by atoms with van der Waals surface area (Å²) in [5.41, 5.74) is 1.80. The van der Waals surface area contributed by atoms with Crippen LogP contribution in [0, 0.1) is 0 Å². The molecule has 0 radical (unpaired) electrons. The number of ether oxygens (including phenoxy) is 1. The van der Waals surface area contributed by atoms with Gasteiger partial charge in [0.15, 0.2) is 6.10 Å². The number of carbonyl (C=O) groups excluding carboxylic acids is 2. The zero-order chi connectivity index (χ0) is 22.2. The molecule has 0 aromatic heterocycles. The van der Waals surface area contributed by atoms with Crippen LogP contribution in [0.3, 0.4) is 0 Å². The molecule has 6 heteroatoms. The van der Waals surface area contributed by atoms with Crippen LogP contribution in [0.4, 0.5) is 5.69 Å². The van der Waals surface area contributed by atoms with Gasteiger partial charge in [0, 0.05) is 0 Å². The number of amides is 2. The average molecular weight is 437 g/mol. The minimum Gasteiger partial charge on any atom is -0.479 e. The molecular weight excluding hydrogens is 412 g/mol. The Hall–Kier alpha value is -3.31. The molecule has 2 atom stereocenters. The molecule has 0 saturated carbocycles. The highest BCUT2D eigenvalue weighted by molar-refractivity contribution is 6.32. The molecule has 2 amide bonds. The Kier molecular flexibility index (Phi) is 7.68. The molecule has 3 aromatic rings. The summed E-state index contributed by atoms with van der Waals surface area (Å²) in [6.45, 7) is 3.76. The van der Waals surface area contributed by atoms with Gasteiger partial charge in [-0.05, 0) is 43.2 Å². The van der Waals surface area contributed by atoms with E-state index >= 15 is 0 Å². The highest BCUT2D eigenvalue weighted by Gasteiger charge is 2.22. The number of hydrogen-bond acceptors (Lipinski definition) is 3. The molecular formula is C25H25ClN2O3. The van der Waals surface area contributed by atoms with Gasteiger partial charge < -0.3 is 15.4 Å². The van der Waals surface area contributed by atoms with Crippen molar-refractivity contribution >= 4 is 29.1 Å². The van der Waals surface area contributed by atoms with E-state index in [0.717, 1.165) is 5.56 Å². The maximum absolute atomic E-state index is 12.9. The van der Waals surface area contributed by atoms with Gasteiger partial charge in [-0.1, -0.05) is 73.1 Å². The molecule has 2 N–H and O–H groups in total. The van der Waals surface area contributed by atoms with E-state index in [9.17, 15) is 9.59 Å². The van der Waals surface area contributed by atoms with E-state index in [2.05, 4.69) is 10.6 Å². The fraction of sp³-hybridized carbons (Fsp3) is 0.200. The Morgan fingerprint density at radius 2 is 1.58 bits per heavy atom. The molecule has 0 aliphatic carbocycles. The first-order valence-corrected chi connectivity index (χ1v) is 10.5. The van der Waals surface area contributed by atoms with Crippen molar-refractivity contribution in [3.8, 4) is 5.75 Å². The molecule has 0 bridgehead atoms. The summed E-state index contributed by atoms with van der Waals surface area (Å²) in [6.07, 6.45) is -0.310. The van der Waals surface area contributed by atoms with Gasteiger partial charge in [-0.2, -0.15) is 0 Å². The molecule has 0 heterocycles. The van der Waals surface area contributed by atoms with Gasteiger partial charge in [-0.3, -0.25) is 9.59 Å². The first-order chi connectivity index (χ1) is 15.0. The van der Waals surface area contributed by atoms with Gasteiger partial charge in [0.05, 0.1) is 22.3 Å². The zero-order valence-corrected chi connectivity index (χ0v) is 18.2. The number of carbonyl (C=O) groups is 2. The monoisotopic (exact) mass is 436 g/mol. The lowest BCUT2D eigenvalue weighted by Crippen LogP contribution is -2.34. The molecule has 5 nitrogen and oxygen atoms in total. The average Bonchev–Trinajstić information content (AvgIpc) is 2.79. The van der Waals surface area contributed by atoms with Crippen molar-refractivity contribution in [3.05, 3.63) is 95.0 Å². The standard InChI is InChI=1S/C25H25ClN2O3/c1-3-22(31-23-16-10-8-14-20(23)26)25(30)28-21-15-9-7-13-19(21)24(29)27-17(2)18-11-5-4-6-12-18/h4-17,22H,3H2,1-2H3,(H,27,29)(H,28,30)/t17-,22+/m0/s1. The van der Waals surface area contributed by atoms with Crippen LogP contribution in [0.2, 0.25) is 5.02 Å². The summed E-state index contributed by atoms with van der Waals surface area (Å²) in [5.74, 6) is -0.181. The number of para-hydroxylation sites is 2. The first kappa shape index (κ1) is 22.4. The normalized spacial score (nSPS) is 12.5. The van der Waals surface area contributed by atoms with Crippen molar-refractivity contribution in [2.75, 3.05) is 5.32 Å². The maximum Gasteiger partial charge on any atom is 0.265 e. The van der Waals surface area contributed by atoms with Crippen molar-refractivity contribution in [2.45, 2.75) is 32.4 Å². The lowest BCUT2D eigenvalue weighted by molar-refractivity contribution is -0.122. The minimum absolute atomic E-state index is 0.176. The number of halogens is 1. The van der Waals surface area contributed by atoms with Crippen LogP contribution in [0.15, 0.2) is 78.9 Å². The van der Waals surface area contributed by atoms with E-state index in [4.69, 9.17) is 16.3 Å². The van der Waals surface area contributed by atoms with Gasteiger partial charge >= 0.3 is 0 Å². The number of anilines is 1. The molecule has 0 fully saturated rings. The maximum atomic E-state index is 12.9. The number of hydrogen-bond donors (Lipinski definition) is 2. The van der Waals surface area contributed by atoms with Crippen molar-refractivity contribution in [1.82, 2.24) is 5.32 Å². The Labute approximate surface area is 187 Å². The molecule has 0 saturated heterocycles. The Bertz CT molecular complexity index is 1040. The molecule has 3 rings (SSSR count). The summed E-state index contributed by atoms with van der Waals surface area (Å²) >= 11 is 6.15. The van der Waals surface area contributed by atoms with Gasteiger partial charge in [-0.25, -0.2) is 0 Å². The van der Waals surface area contributed by atoms with Crippen molar-refractivity contribution in [2.24, 2.45) is 0 Å². The summed E-state index contributed by atoms with van der Waals surface area (Å²) in [4.78, 5) is 25.8. The second kappa shape index (κ2) is 10.6. The van der Waals surface area contributed by atoms with E-state index in [0.29, 0.717) is 28.4 Å². The second-order valence-corrected chi connectivity index (χ2v) is 7.49. The van der Waals surface area contributed by atoms with Crippen LogP contribution in [-0.4, -0.2) is 17.9 Å².